The van der Waals surface area contributed by atoms with Crippen molar-refractivity contribution in [1.82, 2.24) is 15.1 Å². The van der Waals surface area contributed by atoms with Crippen molar-refractivity contribution in [2.75, 3.05) is 25.2 Å². The minimum atomic E-state index is -1.25. The molecule has 3 aromatic rings. The summed E-state index contributed by atoms with van der Waals surface area (Å²) in [4.78, 5) is 28.4. The molecular formula is C24H25FN4O3. The first-order valence-electron chi connectivity index (χ1n) is 10.4. The third-order valence-electron chi connectivity index (χ3n) is 5.61. The van der Waals surface area contributed by atoms with Crippen molar-refractivity contribution >= 4 is 17.5 Å². The van der Waals surface area contributed by atoms with Crippen molar-refractivity contribution < 1.29 is 18.7 Å². The molecule has 2 heterocycles. The minimum absolute atomic E-state index is 0.161. The normalized spacial score (nSPS) is 17.8. The Kier molecular flexibility index (Phi) is 6.05. The number of benzene rings is 2. The van der Waals surface area contributed by atoms with E-state index in [0.717, 1.165) is 5.56 Å². The summed E-state index contributed by atoms with van der Waals surface area (Å²) in [6, 6.07) is 16.8. The number of aromatic nitrogens is 2. The summed E-state index contributed by atoms with van der Waals surface area (Å²) in [6.45, 7) is 2.79. The van der Waals surface area contributed by atoms with E-state index in [2.05, 4.69) is 10.4 Å². The van der Waals surface area contributed by atoms with Crippen molar-refractivity contribution in [2.24, 2.45) is 0 Å². The van der Waals surface area contributed by atoms with Crippen LogP contribution in [-0.2, 0) is 16.1 Å². The highest BCUT2D eigenvalue weighted by Gasteiger charge is 2.48. The van der Waals surface area contributed by atoms with E-state index >= 15 is 0 Å². The number of hydrogen-bond donors (Lipinski definition) is 1. The molecule has 8 heteroatoms. The van der Waals surface area contributed by atoms with Crippen LogP contribution >= 0.6 is 0 Å². The molecule has 1 aliphatic rings. The van der Waals surface area contributed by atoms with Crippen LogP contribution in [0.5, 0.6) is 0 Å². The Labute approximate surface area is 185 Å². The Morgan fingerprint density at radius 3 is 2.59 bits per heavy atom. The molecule has 2 amide bonds. The van der Waals surface area contributed by atoms with E-state index in [4.69, 9.17) is 4.74 Å². The molecule has 0 aliphatic carbocycles. The number of halogens is 1. The second kappa shape index (κ2) is 8.92. The first-order valence-corrected chi connectivity index (χ1v) is 10.4. The lowest BCUT2D eigenvalue weighted by atomic mass is 9.94. The summed E-state index contributed by atoms with van der Waals surface area (Å²) in [6.07, 6.45) is 0.647. The molecule has 0 saturated carbocycles. The average molecular weight is 436 g/mol. The molecule has 166 valence electrons. The maximum Gasteiger partial charge on any atom is 0.277 e. The van der Waals surface area contributed by atoms with Crippen LogP contribution in [0.2, 0.25) is 0 Å². The maximum atomic E-state index is 13.6. The fourth-order valence-corrected chi connectivity index (χ4v) is 3.94. The smallest absolute Gasteiger partial charge is 0.277 e. The van der Waals surface area contributed by atoms with Crippen molar-refractivity contribution in [1.29, 1.82) is 0 Å². The highest BCUT2D eigenvalue weighted by molar-refractivity contribution is 6.12. The number of nitrogens with zero attached hydrogens (tertiary/aromatic N) is 3. The molecule has 0 unspecified atom stereocenters. The second-order valence-electron chi connectivity index (χ2n) is 7.93. The van der Waals surface area contributed by atoms with E-state index < -0.39 is 11.4 Å². The number of methoxy groups -OCH3 is 1. The Bertz CT molecular complexity index is 1110. The Balaban J connectivity index is 1.74. The third-order valence-corrected chi connectivity index (χ3v) is 5.61. The monoisotopic (exact) mass is 436 g/mol. The lowest BCUT2D eigenvalue weighted by Crippen LogP contribution is -2.64. The zero-order valence-corrected chi connectivity index (χ0v) is 18.0. The van der Waals surface area contributed by atoms with Gasteiger partial charge in [-0.1, -0.05) is 30.3 Å². The van der Waals surface area contributed by atoms with Gasteiger partial charge in [0.25, 0.3) is 5.91 Å². The summed E-state index contributed by atoms with van der Waals surface area (Å²) >= 11 is 0. The van der Waals surface area contributed by atoms with Gasteiger partial charge < -0.3 is 10.1 Å². The molecule has 0 radical (unpaired) electrons. The zero-order valence-electron chi connectivity index (χ0n) is 18.0. The van der Waals surface area contributed by atoms with Crippen LogP contribution in [0, 0.1) is 5.82 Å². The lowest BCUT2D eigenvalue weighted by Gasteiger charge is -2.43. The number of nitrogens with one attached hydrogen (secondary N) is 1. The molecule has 7 nitrogen and oxygen atoms in total. The van der Waals surface area contributed by atoms with Crippen LogP contribution in [0.1, 0.15) is 23.8 Å². The quantitative estimate of drug-likeness (QED) is 0.577. The molecule has 1 atom stereocenters. The van der Waals surface area contributed by atoms with Gasteiger partial charge in [0.05, 0.1) is 12.2 Å². The summed E-state index contributed by atoms with van der Waals surface area (Å²) in [5.41, 5.74) is 1.09. The second-order valence-corrected chi connectivity index (χ2v) is 7.93. The summed E-state index contributed by atoms with van der Waals surface area (Å²) in [7, 11) is 1.60. The van der Waals surface area contributed by atoms with Crippen LogP contribution in [0.25, 0.3) is 11.3 Å². The van der Waals surface area contributed by atoms with Crippen molar-refractivity contribution in [3.8, 4) is 11.3 Å². The van der Waals surface area contributed by atoms with E-state index in [9.17, 15) is 14.0 Å². The lowest BCUT2D eigenvalue weighted by molar-refractivity contribution is -0.126. The fourth-order valence-electron chi connectivity index (χ4n) is 3.94. The largest absolute Gasteiger partial charge is 0.385 e. The van der Waals surface area contributed by atoms with Crippen LogP contribution in [0.3, 0.4) is 0 Å². The third kappa shape index (κ3) is 4.01. The van der Waals surface area contributed by atoms with Crippen molar-refractivity contribution in [3.05, 3.63) is 72.2 Å². The topological polar surface area (TPSA) is 76.5 Å². The van der Waals surface area contributed by atoms with Crippen molar-refractivity contribution in [3.63, 3.8) is 0 Å². The van der Waals surface area contributed by atoms with Gasteiger partial charge in [0.2, 0.25) is 5.91 Å². The molecule has 0 fully saturated rings. The molecule has 0 bridgehead atoms. The van der Waals surface area contributed by atoms with Gasteiger partial charge in [0.15, 0.2) is 0 Å². The molecule has 1 aliphatic heterocycles. The number of carbonyl (C=O) groups is 2. The van der Waals surface area contributed by atoms with Crippen LogP contribution in [0.15, 0.2) is 60.7 Å². The van der Waals surface area contributed by atoms with Crippen LogP contribution in [0.4, 0.5) is 10.1 Å². The average Bonchev–Trinajstić information content (AvgIpc) is 3.22. The predicted molar refractivity (Wildman–Crippen MR) is 119 cm³/mol. The van der Waals surface area contributed by atoms with Crippen molar-refractivity contribution in [2.45, 2.75) is 25.4 Å². The fraction of sp³-hybridized carbons (Fsp3) is 0.292. The molecule has 2 aromatic carbocycles. The van der Waals surface area contributed by atoms with E-state index in [1.807, 2.05) is 30.3 Å². The number of amides is 2. The molecule has 0 spiro atoms. The molecule has 4 rings (SSSR count). The molecule has 32 heavy (non-hydrogen) atoms. The molecular weight excluding hydrogens is 411 g/mol. The van der Waals surface area contributed by atoms with Gasteiger partial charge in [-0.25, -0.2) is 4.39 Å². The van der Waals surface area contributed by atoms with Gasteiger partial charge in [-0.2, -0.15) is 5.10 Å². The summed E-state index contributed by atoms with van der Waals surface area (Å²) < 4.78 is 20.2. The van der Waals surface area contributed by atoms with Gasteiger partial charge in [-0.15, -0.1) is 0 Å². The Hall–Kier alpha value is -3.52. The molecule has 1 aromatic heterocycles. The number of fused-ring (bicyclic) bond motifs is 1. The SMILES string of the molecule is COCCCNC(=O)[C@]1(C)Cn2nc(-c3ccccc3)cc2C(=O)N1c1ccc(F)cc1. The van der Waals surface area contributed by atoms with Gasteiger partial charge in [-0.3, -0.25) is 19.2 Å². The molecule has 0 saturated heterocycles. The van der Waals surface area contributed by atoms with E-state index in [1.54, 1.807) is 24.8 Å². The first-order chi connectivity index (χ1) is 15.4. The van der Waals surface area contributed by atoms with Gasteiger partial charge in [-0.05, 0) is 43.7 Å². The number of ether oxygens (including phenoxy) is 1. The summed E-state index contributed by atoms with van der Waals surface area (Å²) in [5, 5.41) is 7.51. The highest BCUT2D eigenvalue weighted by Crippen LogP contribution is 2.34. The number of anilines is 1. The van der Waals surface area contributed by atoms with E-state index in [-0.39, 0.29) is 18.4 Å². The first kappa shape index (κ1) is 21.7. The maximum absolute atomic E-state index is 13.6. The van der Waals surface area contributed by atoms with Gasteiger partial charge in [0, 0.05) is 31.5 Å². The zero-order chi connectivity index (χ0) is 22.7. The number of rotatable bonds is 7. The predicted octanol–water partition coefficient (Wildman–Crippen LogP) is 3.26. The Morgan fingerprint density at radius 2 is 1.91 bits per heavy atom. The Morgan fingerprint density at radius 1 is 1.19 bits per heavy atom. The van der Waals surface area contributed by atoms with E-state index in [1.165, 1.54) is 29.2 Å². The van der Waals surface area contributed by atoms with E-state index in [0.29, 0.717) is 36.6 Å². The van der Waals surface area contributed by atoms with Crippen LogP contribution in [-0.4, -0.2) is 47.4 Å². The standard InChI is InChI=1S/C24H25FN4O3/c1-24(23(31)26-13-6-14-32-2)16-28-21(15-20(27-28)17-7-4-3-5-8-17)22(30)29(24)19-11-9-18(25)10-12-19/h3-5,7-12,15H,6,13-14,16H2,1-2H3,(H,26,31)/t24-/m0/s1. The van der Waals surface area contributed by atoms with Crippen LogP contribution < -0.4 is 10.2 Å². The minimum Gasteiger partial charge on any atom is -0.385 e. The van der Waals surface area contributed by atoms with Gasteiger partial charge in [0.1, 0.15) is 17.1 Å². The summed E-state index contributed by atoms with van der Waals surface area (Å²) in [5.74, 6) is -1.10. The highest BCUT2D eigenvalue weighted by atomic mass is 19.1. The number of carbonyl (C=O) groups excluding carboxylic acids is 2. The number of hydrogen-bond acceptors (Lipinski definition) is 4. The van der Waals surface area contributed by atoms with Gasteiger partial charge >= 0.3 is 0 Å². The molecule has 1 N–H and O–H groups in total.